The molecule has 1 amide bonds. The summed E-state index contributed by atoms with van der Waals surface area (Å²) in [6, 6.07) is 7.10. The molecule has 1 heterocycles. The third kappa shape index (κ3) is 3.65. The Morgan fingerprint density at radius 1 is 1.38 bits per heavy atom. The van der Waals surface area contributed by atoms with Crippen LogP contribution in [0.1, 0.15) is 36.8 Å². The number of alkyl halides is 3. The van der Waals surface area contributed by atoms with Crippen LogP contribution in [0.15, 0.2) is 28.8 Å². The van der Waals surface area contributed by atoms with Gasteiger partial charge in [0.2, 0.25) is 0 Å². The first-order chi connectivity index (χ1) is 12.2. The third-order valence-electron chi connectivity index (χ3n) is 4.71. The second-order valence-electron chi connectivity index (χ2n) is 6.49. The van der Waals surface area contributed by atoms with E-state index in [1.165, 1.54) is 0 Å². The van der Waals surface area contributed by atoms with Crippen molar-refractivity contribution in [3.05, 3.63) is 39.9 Å². The summed E-state index contributed by atoms with van der Waals surface area (Å²) >= 11 is 6.15. The van der Waals surface area contributed by atoms with E-state index in [1.807, 2.05) is 12.1 Å². The summed E-state index contributed by atoms with van der Waals surface area (Å²) in [5.74, 6) is 0.0218. The normalized spacial score (nSPS) is 22.2. The van der Waals surface area contributed by atoms with Crippen LogP contribution in [0.25, 0.3) is 0 Å². The number of fused-ring (bicyclic) bond motifs is 2. The number of hydrogen-bond acceptors (Lipinski definition) is 3. The second-order valence-corrected chi connectivity index (χ2v) is 6.95. The summed E-state index contributed by atoms with van der Waals surface area (Å²) in [4.78, 5) is 12.1. The average Bonchev–Trinajstić information content (AvgIpc) is 2.88. The molecule has 0 fully saturated rings. The Bertz CT molecular complexity index is 814. The van der Waals surface area contributed by atoms with E-state index in [1.54, 1.807) is 12.1 Å². The van der Waals surface area contributed by atoms with Gasteiger partial charge in [-0.1, -0.05) is 17.7 Å². The standard InChI is InChI=1S/C18H16ClF3N2O2/c19-15-9-17(24-16(25)13(15)10-23)6-4-11-8-12(2-3-14(11)17)26-7-1-5-18(20,21)22/h2-3,8H,1,4-7,9H2,(H,24,25)/t17-/m0/s1. The quantitative estimate of drug-likeness (QED) is 0.795. The number of halogens is 4. The van der Waals surface area contributed by atoms with Gasteiger partial charge in [-0.3, -0.25) is 4.79 Å². The molecule has 4 nitrogen and oxygen atoms in total. The highest BCUT2D eigenvalue weighted by atomic mass is 35.5. The predicted octanol–water partition coefficient (Wildman–Crippen LogP) is 4.09. The number of ether oxygens (including phenoxy) is 1. The number of nitrogens with zero attached hydrogens (tertiary/aromatic N) is 1. The minimum atomic E-state index is -4.18. The van der Waals surface area contributed by atoms with Crippen molar-refractivity contribution in [3.63, 3.8) is 0 Å². The van der Waals surface area contributed by atoms with Crippen molar-refractivity contribution in [3.8, 4) is 11.8 Å². The van der Waals surface area contributed by atoms with Crippen LogP contribution in [0.4, 0.5) is 13.2 Å². The van der Waals surface area contributed by atoms with E-state index < -0.39 is 24.0 Å². The van der Waals surface area contributed by atoms with E-state index in [0.29, 0.717) is 25.0 Å². The summed E-state index contributed by atoms with van der Waals surface area (Å²) in [6.45, 7) is -0.0136. The molecule has 1 aliphatic heterocycles. The van der Waals surface area contributed by atoms with Gasteiger partial charge in [0.05, 0.1) is 12.1 Å². The minimum Gasteiger partial charge on any atom is -0.494 e. The number of benzene rings is 1. The van der Waals surface area contributed by atoms with Crippen LogP contribution in [0.5, 0.6) is 5.75 Å². The molecule has 0 saturated heterocycles. The van der Waals surface area contributed by atoms with Gasteiger partial charge in [0.25, 0.3) is 5.91 Å². The van der Waals surface area contributed by atoms with Crippen LogP contribution in [-0.2, 0) is 16.8 Å². The van der Waals surface area contributed by atoms with Gasteiger partial charge in [-0.2, -0.15) is 18.4 Å². The number of hydrogen-bond donors (Lipinski definition) is 1. The molecular weight excluding hydrogens is 369 g/mol. The Morgan fingerprint density at radius 3 is 2.81 bits per heavy atom. The van der Waals surface area contributed by atoms with Crippen LogP contribution in [0.3, 0.4) is 0 Å². The number of amides is 1. The van der Waals surface area contributed by atoms with Crippen molar-refractivity contribution in [2.24, 2.45) is 0 Å². The summed E-state index contributed by atoms with van der Waals surface area (Å²) in [7, 11) is 0. The fraction of sp³-hybridized carbons (Fsp3) is 0.444. The van der Waals surface area contributed by atoms with E-state index in [4.69, 9.17) is 21.6 Å². The maximum atomic E-state index is 12.2. The van der Waals surface area contributed by atoms with Crippen molar-refractivity contribution in [2.45, 2.75) is 43.8 Å². The maximum absolute atomic E-state index is 12.2. The van der Waals surface area contributed by atoms with Crippen LogP contribution < -0.4 is 10.1 Å². The van der Waals surface area contributed by atoms with Gasteiger partial charge in [0.15, 0.2) is 0 Å². The highest BCUT2D eigenvalue weighted by Gasteiger charge is 2.44. The lowest BCUT2D eigenvalue weighted by Gasteiger charge is -2.35. The summed E-state index contributed by atoms with van der Waals surface area (Å²) in [6.07, 6.45) is -3.48. The molecule has 1 aromatic carbocycles. The van der Waals surface area contributed by atoms with E-state index in [0.717, 1.165) is 11.1 Å². The van der Waals surface area contributed by atoms with Gasteiger partial charge in [0.1, 0.15) is 17.4 Å². The molecule has 0 aromatic heterocycles. The Hall–Kier alpha value is -2.20. The van der Waals surface area contributed by atoms with E-state index in [2.05, 4.69) is 5.32 Å². The highest BCUT2D eigenvalue weighted by molar-refractivity contribution is 6.33. The van der Waals surface area contributed by atoms with Gasteiger partial charge >= 0.3 is 6.18 Å². The number of carbonyl (C=O) groups is 1. The molecule has 26 heavy (non-hydrogen) atoms. The van der Waals surface area contributed by atoms with Crippen LogP contribution in [0.2, 0.25) is 0 Å². The van der Waals surface area contributed by atoms with E-state index in [-0.39, 0.29) is 23.6 Å². The third-order valence-corrected chi connectivity index (χ3v) is 5.03. The average molecular weight is 385 g/mol. The molecule has 1 spiro atoms. The predicted molar refractivity (Wildman–Crippen MR) is 88.5 cm³/mol. The molecule has 1 atom stereocenters. The lowest BCUT2D eigenvalue weighted by molar-refractivity contribution is -0.136. The van der Waals surface area contributed by atoms with Crippen LogP contribution >= 0.6 is 11.6 Å². The Balaban J connectivity index is 1.72. The first-order valence-electron chi connectivity index (χ1n) is 8.18. The molecule has 1 aromatic rings. The number of nitriles is 1. The lowest BCUT2D eigenvalue weighted by atomic mass is 9.84. The molecule has 0 radical (unpaired) electrons. The Kier molecular flexibility index (Phi) is 4.89. The van der Waals surface area contributed by atoms with Crippen molar-refractivity contribution < 1.29 is 22.7 Å². The zero-order valence-electron chi connectivity index (χ0n) is 13.8. The molecule has 8 heteroatoms. The molecular formula is C18H16ClF3N2O2. The van der Waals surface area contributed by atoms with Gasteiger partial charge in [0, 0.05) is 17.9 Å². The molecule has 0 saturated carbocycles. The van der Waals surface area contributed by atoms with Gasteiger partial charge in [-0.25, -0.2) is 0 Å². The van der Waals surface area contributed by atoms with Crippen molar-refractivity contribution >= 4 is 17.5 Å². The molecule has 3 rings (SSSR count). The minimum absolute atomic E-state index is 0.0136. The molecule has 138 valence electrons. The summed E-state index contributed by atoms with van der Waals surface area (Å²) in [5, 5.41) is 12.2. The topological polar surface area (TPSA) is 62.1 Å². The number of aryl methyl sites for hydroxylation is 1. The Morgan fingerprint density at radius 2 is 2.15 bits per heavy atom. The molecule has 0 unspecified atom stereocenters. The first-order valence-corrected chi connectivity index (χ1v) is 8.56. The summed E-state index contributed by atoms with van der Waals surface area (Å²) < 4.78 is 41.9. The number of nitrogens with one attached hydrogen (secondary N) is 1. The zero-order valence-corrected chi connectivity index (χ0v) is 14.5. The monoisotopic (exact) mass is 384 g/mol. The first kappa shape index (κ1) is 18.6. The molecule has 1 aliphatic carbocycles. The largest absolute Gasteiger partial charge is 0.494 e. The maximum Gasteiger partial charge on any atom is 0.389 e. The van der Waals surface area contributed by atoms with Gasteiger partial charge < -0.3 is 10.1 Å². The molecule has 0 bridgehead atoms. The fourth-order valence-electron chi connectivity index (χ4n) is 3.50. The fourth-order valence-corrected chi connectivity index (χ4v) is 3.86. The van der Waals surface area contributed by atoms with E-state index >= 15 is 0 Å². The van der Waals surface area contributed by atoms with Crippen LogP contribution in [0, 0.1) is 11.3 Å². The molecule has 1 N–H and O–H groups in total. The number of carbonyl (C=O) groups excluding carboxylic acids is 1. The Labute approximate surface area is 153 Å². The molecule has 2 aliphatic rings. The zero-order chi connectivity index (χ0) is 18.9. The lowest BCUT2D eigenvalue weighted by Crippen LogP contribution is -2.48. The smallest absolute Gasteiger partial charge is 0.389 e. The highest BCUT2D eigenvalue weighted by Crippen LogP contribution is 2.45. The van der Waals surface area contributed by atoms with Crippen molar-refractivity contribution in [1.29, 1.82) is 5.26 Å². The van der Waals surface area contributed by atoms with E-state index in [9.17, 15) is 18.0 Å². The summed E-state index contributed by atoms with van der Waals surface area (Å²) in [5.41, 5.74) is 1.17. The van der Waals surface area contributed by atoms with Crippen LogP contribution in [-0.4, -0.2) is 18.7 Å². The van der Waals surface area contributed by atoms with Gasteiger partial charge in [-0.15, -0.1) is 0 Å². The van der Waals surface area contributed by atoms with Crippen molar-refractivity contribution in [2.75, 3.05) is 6.61 Å². The SMILES string of the molecule is N#CC1=C(Cl)C[C@]2(CCc3cc(OCCCC(F)(F)F)ccc32)NC1=O. The second kappa shape index (κ2) is 6.84. The van der Waals surface area contributed by atoms with Crippen molar-refractivity contribution in [1.82, 2.24) is 5.32 Å². The number of rotatable bonds is 4. The van der Waals surface area contributed by atoms with Gasteiger partial charge in [-0.05, 0) is 42.5 Å².